The first-order chi connectivity index (χ1) is 9.58. The smallest absolute Gasteiger partial charge is 0.123 e. The molecule has 0 saturated heterocycles. The number of halogens is 3. The van der Waals surface area contributed by atoms with Gasteiger partial charge in [0, 0.05) is 6.04 Å². The molecule has 1 unspecified atom stereocenters. The van der Waals surface area contributed by atoms with Crippen molar-refractivity contribution in [2.75, 3.05) is 0 Å². The Labute approximate surface area is 127 Å². The van der Waals surface area contributed by atoms with E-state index in [1.165, 1.54) is 12.1 Å². The minimum Gasteiger partial charge on any atom is -0.271 e. The van der Waals surface area contributed by atoms with Crippen molar-refractivity contribution >= 4 is 23.2 Å². The van der Waals surface area contributed by atoms with E-state index in [1.807, 2.05) is 12.1 Å². The lowest BCUT2D eigenvalue weighted by Gasteiger charge is -2.16. The Balaban J connectivity index is 2.04. The van der Waals surface area contributed by atoms with Crippen LogP contribution in [-0.2, 0) is 12.8 Å². The number of rotatable bonds is 5. The molecule has 0 aromatic heterocycles. The van der Waals surface area contributed by atoms with Crippen molar-refractivity contribution in [2.24, 2.45) is 5.84 Å². The molecule has 0 saturated carbocycles. The van der Waals surface area contributed by atoms with Gasteiger partial charge in [-0.1, -0.05) is 41.4 Å². The number of benzene rings is 2. The van der Waals surface area contributed by atoms with Gasteiger partial charge in [0.15, 0.2) is 0 Å². The topological polar surface area (TPSA) is 38.0 Å². The molecule has 2 aromatic carbocycles. The molecular formula is C15H15Cl2FN2. The van der Waals surface area contributed by atoms with Gasteiger partial charge in [0.25, 0.3) is 0 Å². The van der Waals surface area contributed by atoms with E-state index in [4.69, 9.17) is 29.0 Å². The summed E-state index contributed by atoms with van der Waals surface area (Å²) in [5.41, 5.74) is 4.85. The van der Waals surface area contributed by atoms with Crippen LogP contribution in [0.15, 0.2) is 42.5 Å². The van der Waals surface area contributed by atoms with Crippen LogP contribution in [0.2, 0.25) is 10.0 Å². The van der Waals surface area contributed by atoms with Gasteiger partial charge in [0.05, 0.1) is 10.0 Å². The van der Waals surface area contributed by atoms with E-state index in [1.54, 1.807) is 18.2 Å². The van der Waals surface area contributed by atoms with Crippen molar-refractivity contribution in [3.8, 4) is 0 Å². The highest BCUT2D eigenvalue weighted by Gasteiger charge is 2.10. The molecule has 20 heavy (non-hydrogen) atoms. The number of hydrogen-bond acceptors (Lipinski definition) is 2. The van der Waals surface area contributed by atoms with Crippen molar-refractivity contribution < 1.29 is 4.39 Å². The molecule has 0 aliphatic carbocycles. The van der Waals surface area contributed by atoms with Crippen molar-refractivity contribution in [1.82, 2.24) is 5.43 Å². The van der Waals surface area contributed by atoms with Crippen LogP contribution < -0.4 is 11.3 Å². The van der Waals surface area contributed by atoms with E-state index in [9.17, 15) is 4.39 Å². The zero-order chi connectivity index (χ0) is 14.5. The van der Waals surface area contributed by atoms with Crippen LogP contribution in [0.1, 0.15) is 11.1 Å². The van der Waals surface area contributed by atoms with E-state index in [0.29, 0.717) is 22.9 Å². The van der Waals surface area contributed by atoms with Crippen molar-refractivity contribution in [2.45, 2.75) is 18.9 Å². The molecule has 0 radical (unpaired) electrons. The normalized spacial score (nSPS) is 12.4. The molecule has 1 atom stereocenters. The molecular weight excluding hydrogens is 298 g/mol. The van der Waals surface area contributed by atoms with Crippen molar-refractivity contribution in [1.29, 1.82) is 0 Å². The zero-order valence-electron chi connectivity index (χ0n) is 10.7. The Hall–Kier alpha value is -1.13. The third-order valence-corrected chi connectivity index (χ3v) is 3.84. The Morgan fingerprint density at radius 1 is 0.950 bits per heavy atom. The van der Waals surface area contributed by atoms with Gasteiger partial charge in [-0.3, -0.25) is 11.3 Å². The second kappa shape index (κ2) is 7.04. The quantitative estimate of drug-likeness (QED) is 0.652. The van der Waals surface area contributed by atoms with Crippen molar-refractivity contribution in [3.63, 3.8) is 0 Å². The molecule has 0 amide bonds. The lowest BCUT2D eigenvalue weighted by molar-refractivity contribution is 0.522. The second-order valence-electron chi connectivity index (χ2n) is 4.65. The minimum atomic E-state index is -0.240. The van der Waals surface area contributed by atoms with Gasteiger partial charge in [0.1, 0.15) is 5.82 Å². The Kier molecular flexibility index (Phi) is 5.38. The number of nitrogens with two attached hydrogens (primary N) is 1. The first kappa shape index (κ1) is 15.3. The van der Waals surface area contributed by atoms with Crippen LogP contribution in [0.4, 0.5) is 4.39 Å². The van der Waals surface area contributed by atoms with Crippen molar-refractivity contribution in [3.05, 3.63) is 69.5 Å². The van der Waals surface area contributed by atoms with E-state index >= 15 is 0 Å². The molecule has 2 nitrogen and oxygen atoms in total. The summed E-state index contributed by atoms with van der Waals surface area (Å²) in [4.78, 5) is 0. The molecule has 0 heterocycles. The molecule has 0 bridgehead atoms. The fourth-order valence-corrected chi connectivity index (χ4v) is 2.37. The van der Waals surface area contributed by atoms with E-state index < -0.39 is 0 Å². The predicted molar refractivity (Wildman–Crippen MR) is 81.4 cm³/mol. The Bertz CT molecular complexity index is 573. The maximum absolute atomic E-state index is 12.9. The van der Waals surface area contributed by atoms with Gasteiger partial charge in [-0.15, -0.1) is 0 Å². The summed E-state index contributed by atoms with van der Waals surface area (Å²) in [6.07, 6.45) is 1.42. The number of hydrazine groups is 1. The number of hydrogen-bond donors (Lipinski definition) is 2. The second-order valence-corrected chi connectivity index (χ2v) is 5.46. The third kappa shape index (κ3) is 4.18. The summed E-state index contributed by atoms with van der Waals surface area (Å²) in [6.45, 7) is 0. The molecule has 0 aliphatic heterocycles. The summed E-state index contributed by atoms with van der Waals surface area (Å²) in [5, 5.41) is 1.06. The first-order valence-electron chi connectivity index (χ1n) is 6.23. The van der Waals surface area contributed by atoms with Crippen LogP contribution in [0.25, 0.3) is 0 Å². The van der Waals surface area contributed by atoms with Gasteiger partial charge in [-0.2, -0.15) is 0 Å². The average molecular weight is 313 g/mol. The van der Waals surface area contributed by atoms with Crippen LogP contribution in [0.3, 0.4) is 0 Å². The lowest BCUT2D eigenvalue weighted by Crippen LogP contribution is -2.38. The molecule has 106 valence electrons. The molecule has 0 fully saturated rings. The Morgan fingerprint density at radius 3 is 2.15 bits per heavy atom. The van der Waals surface area contributed by atoms with Gasteiger partial charge < -0.3 is 0 Å². The monoisotopic (exact) mass is 312 g/mol. The van der Waals surface area contributed by atoms with Gasteiger partial charge in [-0.05, 0) is 48.2 Å². The predicted octanol–water partition coefficient (Wildman–Crippen LogP) is 3.75. The molecule has 0 aliphatic rings. The van der Waals surface area contributed by atoms with Crippen LogP contribution in [-0.4, -0.2) is 6.04 Å². The van der Waals surface area contributed by atoms with Crippen LogP contribution in [0.5, 0.6) is 0 Å². The highest BCUT2D eigenvalue weighted by atomic mass is 35.5. The van der Waals surface area contributed by atoms with Gasteiger partial charge >= 0.3 is 0 Å². The van der Waals surface area contributed by atoms with E-state index in [-0.39, 0.29) is 11.9 Å². The van der Waals surface area contributed by atoms with Crippen LogP contribution >= 0.6 is 23.2 Å². The van der Waals surface area contributed by atoms with Crippen LogP contribution in [0, 0.1) is 5.82 Å². The lowest BCUT2D eigenvalue weighted by atomic mass is 9.99. The summed E-state index contributed by atoms with van der Waals surface area (Å²) in [7, 11) is 0. The first-order valence-corrected chi connectivity index (χ1v) is 6.98. The number of nitrogens with one attached hydrogen (secondary N) is 1. The van der Waals surface area contributed by atoms with Gasteiger partial charge in [0.2, 0.25) is 0 Å². The molecule has 2 rings (SSSR count). The maximum atomic E-state index is 12.9. The standard InChI is InChI=1S/C15H15Cl2FN2/c16-14-6-3-11(9-15(14)17)8-13(20-19)7-10-1-4-12(18)5-2-10/h1-6,9,13,20H,7-8,19H2. The van der Waals surface area contributed by atoms with Gasteiger partial charge in [-0.25, -0.2) is 4.39 Å². The minimum absolute atomic E-state index is 0.0395. The SMILES string of the molecule is NNC(Cc1ccc(F)cc1)Cc1ccc(Cl)c(Cl)c1. The molecule has 3 N–H and O–H groups in total. The largest absolute Gasteiger partial charge is 0.271 e. The maximum Gasteiger partial charge on any atom is 0.123 e. The Morgan fingerprint density at radius 2 is 1.55 bits per heavy atom. The van der Waals surface area contributed by atoms with E-state index in [0.717, 1.165) is 11.1 Å². The highest BCUT2D eigenvalue weighted by molar-refractivity contribution is 6.42. The summed E-state index contributed by atoms with van der Waals surface area (Å²) in [5.74, 6) is 5.34. The fourth-order valence-electron chi connectivity index (χ4n) is 2.05. The highest BCUT2D eigenvalue weighted by Crippen LogP contribution is 2.23. The molecule has 0 spiro atoms. The zero-order valence-corrected chi connectivity index (χ0v) is 12.3. The molecule has 2 aromatic rings. The summed E-state index contributed by atoms with van der Waals surface area (Å²) >= 11 is 11.9. The molecule has 5 heteroatoms. The average Bonchev–Trinajstić information content (AvgIpc) is 2.44. The summed E-state index contributed by atoms with van der Waals surface area (Å²) in [6, 6.07) is 12.0. The van der Waals surface area contributed by atoms with E-state index in [2.05, 4.69) is 5.43 Å². The fraction of sp³-hybridized carbons (Fsp3) is 0.200. The third-order valence-electron chi connectivity index (χ3n) is 3.10. The summed E-state index contributed by atoms with van der Waals surface area (Å²) < 4.78 is 12.9.